The van der Waals surface area contributed by atoms with Crippen molar-refractivity contribution in [3.05, 3.63) is 23.3 Å². The second kappa shape index (κ2) is 14.0. The van der Waals surface area contributed by atoms with E-state index in [4.69, 9.17) is 0 Å². The smallest absolute Gasteiger partial charge is 0.153 e. The van der Waals surface area contributed by atoms with Crippen molar-refractivity contribution in [2.75, 3.05) is 6.61 Å². The van der Waals surface area contributed by atoms with Crippen molar-refractivity contribution in [3.63, 3.8) is 0 Å². The van der Waals surface area contributed by atoms with E-state index in [0.717, 1.165) is 24.8 Å². The van der Waals surface area contributed by atoms with E-state index in [1.807, 2.05) is 19.9 Å². The van der Waals surface area contributed by atoms with Gasteiger partial charge in [-0.2, -0.15) is 0 Å². The zero-order valence-corrected chi connectivity index (χ0v) is 27.2. The number of unbranched alkanes of at least 4 members (excludes halogenated alkanes) is 10. The monoisotopic (exact) mass is 572 g/mol. The average molecular weight is 573 g/mol. The Kier molecular flexibility index (Phi) is 11.7. The van der Waals surface area contributed by atoms with Gasteiger partial charge in [-0.25, -0.2) is 0 Å². The van der Waals surface area contributed by atoms with Gasteiger partial charge in [0, 0.05) is 18.3 Å². The van der Waals surface area contributed by atoms with Crippen LogP contribution in [0.4, 0.5) is 0 Å². The van der Waals surface area contributed by atoms with Gasteiger partial charge in [0.15, 0.2) is 5.78 Å². The summed E-state index contributed by atoms with van der Waals surface area (Å²) >= 11 is 0. The quantitative estimate of drug-likeness (QED) is 0.158. The Bertz CT molecular complexity index is 978. The van der Waals surface area contributed by atoms with Crippen LogP contribution >= 0.6 is 0 Å². The van der Waals surface area contributed by atoms with E-state index >= 15 is 0 Å². The molecule has 2 bridgehead atoms. The fraction of sp³-hybridized carbons (Fsp3) is 0.833. The fourth-order valence-electron chi connectivity index (χ4n) is 8.73. The van der Waals surface area contributed by atoms with Gasteiger partial charge in [-0.15, -0.1) is 0 Å². The third kappa shape index (κ3) is 6.48. The summed E-state index contributed by atoms with van der Waals surface area (Å²) in [5.74, 6) is 0.321. The van der Waals surface area contributed by atoms with E-state index < -0.39 is 17.1 Å². The number of carbonyl (C=O) groups excluding carboxylic acids is 2. The Morgan fingerprint density at radius 2 is 1.51 bits per heavy atom. The van der Waals surface area contributed by atoms with E-state index in [1.54, 1.807) is 13.0 Å². The molecule has 0 radical (unpaired) electrons. The highest BCUT2D eigenvalue weighted by molar-refractivity contribution is 5.95. The number of hydrogen-bond donors (Lipinski definition) is 3. The van der Waals surface area contributed by atoms with Gasteiger partial charge in [0.25, 0.3) is 0 Å². The number of Topliss-reactive ketones (excluding diaryl/α,β-unsaturated/α-hetero) is 2. The van der Waals surface area contributed by atoms with Gasteiger partial charge >= 0.3 is 0 Å². The molecule has 1 spiro atoms. The number of hydrogen-bond acceptors (Lipinski definition) is 5. The van der Waals surface area contributed by atoms with Crippen LogP contribution in [0.5, 0.6) is 0 Å². The third-order valence-corrected chi connectivity index (χ3v) is 11.6. The summed E-state index contributed by atoms with van der Waals surface area (Å²) in [5, 5.41) is 32.8. The van der Waals surface area contributed by atoms with Crippen LogP contribution < -0.4 is 0 Å². The van der Waals surface area contributed by atoms with Crippen molar-refractivity contribution >= 4 is 11.6 Å². The third-order valence-electron chi connectivity index (χ3n) is 11.6. The predicted molar refractivity (Wildman–Crippen MR) is 166 cm³/mol. The molecule has 2 fully saturated rings. The molecule has 41 heavy (non-hydrogen) atoms. The first-order chi connectivity index (χ1) is 19.3. The van der Waals surface area contributed by atoms with Crippen molar-refractivity contribution < 1.29 is 24.9 Å². The van der Waals surface area contributed by atoms with Crippen LogP contribution in [0.2, 0.25) is 0 Å². The molecule has 4 rings (SSSR count). The molecular weight excluding hydrogens is 512 g/mol. The number of fused-ring (bicyclic) bond motifs is 3. The highest BCUT2D eigenvalue weighted by Gasteiger charge is 2.74. The van der Waals surface area contributed by atoms with Gasteiger partial charge in [-0.1, -0.05) is 117 Å². The number of aliphatic hydroxyl groups is 3. The van der Waals surface area contributed by atoms with E-state index in [2.05, 4.69) is 27.7 Å². The number of allylic oxidation sites excluding steroid dienone is 1. The molecule has 2 saturated carbocycles. The Labute approximate surface area is 250 Å². The molecule has 0 unspecified atom stereocenters. The summed E-state index contributed by atoms with van der Waals surface area (Å²) in [4.78, 5) is 24.6. The average Bonchev–Trinajstić information content (AvgIpc) is 3.43. The van der Waals surface area contributed by atoms with Gasteiger partial charge in [-0.05, 0) is 55.4 Å². The van der Waals surface area contributed by atoms with Gasteiger partial charge in [0.1, 0.15) is 17.5 Å². The summed E-state index contributed by atoms with van der Waals surface area (Å²) in [6.45, 7) is 13.9. The van der Waals surface area contributed by atoms with Crippen molar-refractivity contribution in [3.8, 4) is 0 Å². The highest BCUT2D eigenvalue weighted by Crippen LogP contribution is 2.72. The molecule has 5 nitrogen and oxygen atoms in total. The van der Waals surface area contributed by atoms with E-state index in [1.165, 1.54) is 64.2 Å². The second-order valence-corrected chi connectivity index (χ2v) is 14.6. The molecule has 234 valence electrons. The maximum absolute atomic E-state index is 13.8. The second-order valence-electron chi connectivity index (χ2n) is 14.6. The molecular formula is C36H60O5. The maximum Gasteiger partial charge on any atom is 0.153 e. The number of rotatable bonds is 13. The molecule has 0 heterocycles. The topological polar surface area (TPSA) is 94.8 Å². The molecule has 4 aliphatic carbocycles. The first kappa shape index (κ1) is 34.2. The number of aliphatic hydroxyl groups excluding tert-OH is 2. The highest BCUT2D eigenvalue weighted by atomic mass is 16.3. The maximum atomic E-state index is 13.8. The Hall–Kier alpha value is -1.30. The molecule has 0 aromatic heterocycles. The molecule has 0 aromatic carbocycles. The number of ketones is 2. The summed E-state index contributed by atoms with van der Waals surface area (Å²) < 4.78 is 0. The molecule has 0 aliphatic heterocycles. The Balaban J connectivity index is 0.000000253. The van der Waals surface area contributed by atoms with Gasteiger partial charge in [0.05, 0.1) is 12.0 Å². The first-order valence-electron chi connectivity index (χ1n) is 16.8. The zero-order chi connectivity index (χ0) is 30.6. The fourth-order valence-corrected chi connectivity index (χ4v) is 8.73. The van der Waals surface area contributed by atoms with Crippen molar-refractivity contribution in [1.82, 2.24) is 0 Å². The first-order valence-corrected chi connectivity index (χ1v) is 16.8. The van der Waals surface area contributed by atoms with Crippen LogP contribution in [-0.4, -0.2) is 45.2 Å². The number of carbonyl (C=O) groups is 2. The lowest BCUT2D eigenvalue weighted by Gasteiger charge is -2.49. The minimum absolute atomic E-state index is 0.0341. The van der Waals surface area contributed by atoms with Crippen LogP contribution in [0.1, 0.15) is 132 Å². The lowest BCUT2D eigenvalue weighted by atomic mass is 9.57. The Morgan fingerprint density at radius 1 is 0.976 bits per heavy atom. The lowest BCUT2D eigenvalue weighted by molar-refractivity contribution is -0.175. The predicted octanol–water partition coefficient (Wildman–Crippen LogP) is 7.37. The van der Waals surface area contributed by atoms with E-state index in [9.17, 15) is 24.9 Å². The van der Waals surface area contributed by atoms with Crippen molar-refractivity contribution in [2.24, 2.45) is 40.4 Å². The van der Waals surface area contributed by atoms with Gasteiger partial charge in [0.2, 0.25) is 0 Å². The van der Waals surface area contributed by atoms with Crippen LogP contribution in [0, 0.1) is 40.4 Å². The lowest BCUT2D eigenvalue weighted by Crippen LogP contribution is -2.62. The minimum Gasteiger partial charge on any atom is -0.392 e. The molecule has 8 atom stereocenters. The van der Waals surface area contributed by atoms with Crippen molar-refractivity contribution in [2.45, 2.75) is 144 Å². The minimum atomic E-state index is -1.59. The molecule has 0 saturated heterocycles. The molecule has 0 aromatic rings. The SMILES string of the molecule is CC1=C[C@]23C(=O)[C@@H](C=C(CO)[C@@H](O)[C@]2(O)[C@H]1C)[C@H]1[C@@H](C[C@H]3C)C1(C)C.CCCCCCCCCCCCCC(C)=O. The van der Waals surface area contributed by atoms with Gasteiger partial charge < -0.3 is 20.1 Å². The molecule has 3 N–H and O–H groups in total. The van der Waals surface area contributed by atoms with Crippen LogP contribution in [0.15, 0.2) is 23.3 Å². The van der Waals surface area contributed by atoms with Crippen LogP contribution in [0.3, 0.4) is 0 Å². The van der Waals surface area contributed by atoms with Crippen molar-refractivity contribution in [1.29, 1.82) is 0 Å². The van der Waals surface area contributed by atoms with E-state index in [-0.39, 0.29) is 41.5 Å². The normalized spacial score (nSPS) is 36.6. The zero-order valence-electron chi connectivity index (χ0n) is 27.2. The summed E-state index contributed by atoms with van der Waals surface area (Å²) in [6, 6.07) is 0. The largest absolute Gasteiger partial charge is 0.392 e. The standard InChI is InChI=1S/C21H30O4.C15H30O/c1-10-8-20-11(2)6-15-16(19(15,4)5)14(18(20)24)7-13(9-22)17(23)21(20,25)12(10)3;1-3-4-5-6-7-8-9-10-11-12-13-14-15(2)16/h7-8,11-12,14-17,22-23,25H,6,9H2,1-5H3;3-14H2,1-2H3/t11-,12+,14+,15-,16+,17-,20+,21-;/m1./s1. The van der Waals surface area contributed by atoms with E-state index in [0.29, 0.717) is 17.3 Å². The van der Waals surface area contributed by atoms with Gasteiger partial charge in [-0.3, -0.25) is 4.79 Å². The van der Waals surface area contributed by atoms with Crippen LogP contribution in [0.25, 0.3) is 0 Å². The Morgan fingerprint density at radius 3 is 2.02 bits per heavy atom. The molecule has 5 heteroatoms. The molecule has 4 aliphatic rings. The summed E-state index contributed by atoms with van der Waals surface area (Å²) in [6.07, 6.45) is 19.1. The summed E-state index contributed by atoms with van der Waals surface area (Å²) in [5.41, 5.74) is -1.22. The molecule has 0 amide bonds. The van der Waals surface area contributed by atoms with Crippen LogP contribution in [-0.2, 0) is 9.59 Å². The summed E-state index contributed by atoms with van der Waals surface area (Å²) in [7, 11) is 0.